The van der Waals surface area contributed by atoms with Crippen molar-refractivity contribution in [3.63, 3.8) is 0 Å². The Morgan fingerprint density at radius 1 is 1.24 bits per heavy atom. The molecule has 0 aliphatic carbocycles. The normalized spacial score (nSPS) is 15.1. The van der Waals surface area contributed by atoms with Gasteiger partial charge < -0.3 is 19.9 Å². The summed E-state index contributed by atoms with van der Waals surface area (Å²) in [6, 6.07) is 6.44. The predicted octanol–water partition coefficient (Wildman–Crippen LogP) is 0.0777. The maximum atomic E-state index is 12.0. The Labute approximate surface area is 150 Å². The van der Waals surface area contributed by atoms with Crippen molar-refractivity contribution in [2.45, 2.75) is 26.7 Å². The molecule has 1 amide bonds. The first-order valence-electron chi connectivity index (χ1n) is 8.99. The zero-order valence-corrected chi connectivity index (χ0v) is 15.6. The highest BCUT2D eigenvalue weighted by atomic mass is 16.5. The molecule has 1 aliphatic rings. The molecule has 6 heteroatoms. The molecule has 1 aliphatic heterocycles. The van der Waals surface area contributed by atoms with E-state index in [0.29, 0.717) is 25.9 Å². The van der Waals surface area contributed by atoms with Crippen LogP contribution in [0.5, 0.6) is 0 Å². The van der Waals surface area contributed by atoms with E-state index in [0.717, 1.165) is 26.2 Å². The van der Waals surface area contributed by atoms with Gasteiger partial charge in [0.1, 0.15) is 0 Å². The summed E-state index contributed by atoms with van der Waals surface area (Å²) in [6.07, 6.45) is 0.965. The number of anilines is 1. The van der Waals surface area contributed by atoms with E-state index in [9.17, 15) is 9.59 Å². The van der Waals surface area contributed by atoms with Crippen molar-refractivity contribution in [1.82, 2.24) is 5.32 Å². The fourth-order valence-electron chi connectivity index (χ4n) is 3.17. The van der Waals surface area contributed by atoms with Crippen LogP contribution in [0.2, 0.25) is 0 Å². The van der Waals surface area contributed by atoms with Crippen LogP contribution in [-0.4, -0.2) is 58.3 Å². The van der Waals surface area contributed by atoms with Crippen molar-refractivity contribution in [3.05, 3.63) is 29.3 Å². The minimum absolute atomic E-state index is 0.0556. The lowest BCUT2D eigenvalue weighted by Crippen LogP contribution is -3.16. The second kappa shape index (κ2) is 9.42. The molecular weight excluding hydrogens is 318 g/mol. The van der Waals surface area contributed by atoms with Crippen LogP contribution in [-0.2, 0) is 14.3 Å². The Balaban J connectivity index is 1.70. The third-order valence-corrected chi connectivity index (χ3v) is 4.91. The summed E-state index contributed by atoms with van der Waals surface area (Å²) in [5, 5.41) is 2.89. The second-order valence-corrected chi connectivity index (χ2v) is 6.66. The summed E-state index contributed by atoms with van der Waals surface area (Å²) in [4.78, 5) is 26.8. The fourth-order valence-corrected chi connectivity index (χ4v) is 3.17. The van der Waals surface area contributed by atoms with Crippen LogP contribution in [0.25, 0.3) is 0 Å². The highest BCUT2D eigenvalue weighted by Crippen LogP contribution is 2.22. The van der Waals surface area contributed by atoms with Gasteiger partial charge in [0.05, 0.1) is 33.3 Å². The Kier molecular flexibility index (Phi) is 7.25. The number of piperazine rings is 1. The number of benzene rings is 1. The molecule has 0 spiro atoms. The van der Waals surface area contributed by atoms with E-state index in [-0.39, 0.29) is 11.9 Å². The number of carbonyl (C=O) groups excluding carboxylic acids is 2. The molecule has 0 atom stereocenters. The SMILES string of the molecule is COC(=O)CCCNC(=O)C[NH+]1CCN(c2cccc(C)c2C)CC1. The maximum absolute atomic E-state index is 12.0. The van der Waals surface area contributed by atoms with Gasteiger partial charge in [-0.15, -0.1) is 0 Å². The number of amides is 1. The topological polar surface area (TPSA) is 63.1 Å². The summed E-state index contributed by atoms with van der Waals surface area (Å²) >= 11 is 0. The molecule has 25 heavy (non-hydrogen) atoms. The number of hydrogen-bond donors (Lipinski definition) is 2. The van der Waals surface area contributed by atoms with Gasteiger partial charge in [0.15, 0.2) is 6.54 Å². The highest BCUT2D eigenvalue weighted by molar-refractivity contribution is 5.77. The molecule has 6 nitrogen and oxygen atoms in total. The van der Waals surface area contributed by atoms with Crippen LogP contribution in [0.15, 0.2) is 18.2 Å². The lowest BCUT2D eigenvalue weighted by molar-refractivity contribution is -0.892. The van der Waals surface area contributed by atoms with E-state index in [1.807, 2.05) is 0 Å². The smallest absolute Gasteiger partial charge is 0.305 e. The molecule has 138 valence electrons. The van der Waals surface area contributed by atoms with E-state index in [1.165, 1.54) is 28.8 Å². The van der Waals surface area contributed by atoms with Gasteiger partial charge in [-0.2, -0.15) is 0 Å². The minimum atomic E-state index is -0.234. The number of nitrogens with zero attached hydrogens (tertiary/aromatic N) is 1. The average Bonchev–Trinajstić information content (AvgIpc) is 2.61. The van der Waals surface area contributed by atoms with Crippen molar-refractivity contribution in [1.29, 1.82) is 0 Å². The van der Waals surface area contributed by atoms with Gasteiger partial charge in [0.2, 0.25) is 0 Å². The summed E-state index contributed by atoms with van der Waals surface area (Å²) in [5.41, 5.74) is 3.97. The number of rotatable bonds is 7. The molecule has 0 bridgehead atoms. The quantitative estimate of drug-likeness (QED) is 0.541. The van der Waals surface area contributed by atoms with Gasteiger partial charge in [-0.05, 0) is 37.5 Å². The molecule has 0 saturated carbocycles. The molecule has 0 radical (unpaired) electrons. The molecule has 2 rings (SSSR count). The zero-order valence-electron chi connectivity index (χ0n) is 15.6. The monoisotopic (exact) mass is 348 g/mol. The van der Waals surface area contributed by atoms with Gasteiger partial charge in [-0.3, -0.25) is 9.59 Å². The predicted molar refractivity (Wildman–Crippen MR) is 98.0 cm³/mol. The Morgan fingerprint density at radius 2 is 1.96 bits per heavy atom. The number of aryl methyl sites for hydroxylation is 1. The molecule has 0 aromatic heterocycles. The first-order chi connectivity index (χ1) is 12.0. The maximum Gasteiger partial charge on any atom is 0.305 e. The number of carbonyl (C=O) groups is 2. The van der Waals surface area contributed by atoms with E-state index >= 15 is 0 Å². The largest absolute Gasteiger partial charge is 0.469 e. The molecule has 1 aromatic carbocycles. The Hall–Kier alpha value is -2.08. The molecule has 0 unspecified atom stereocenters. The van der Waals surface area contributed by atoms with E-state index in [2.05, 4.69) is 47.0 Å². The number of quaternary nitrogens is 1. The lowest BCUT2D eigenvalue weighted by Gasteiger charge is -2.34. The van der Waals surface area contributed by atoms with Crippen molar-refractivity contribution >= 4 is 17.6 Å². The summed E-state index contributed by atoms with van der Waals surface area (Å²) in [5.74, 6) is -0.178. The van der Waals surface area contributed by atoms with Crippen LogP contribution < -0.4 is 15.1 Å². The van der Waals surface area contributed by atoms with Crippen molar-refractivity contribution in [2.24, 2.45) is 0 Å². The van der Waals surface area contributed by atoms with E-state index < -0.39 is 0 Å². The van der Waals surface area contributed by atoms with E-state index in [4.69, 9.17) is 0 Å². The van der Waals surface area contributed by atoms with Gasteiger partial charge in [-0.25, -0.2) is 0 Å². The third kappa shape index (κ3) is 5.74. The van der Waals surface area contributed by atoms with Crippen LogP contribution in [0.3, 0.4) is 0 Å². The second-order valence-electron chi connectivity index (χ2n) is 6.66. The van der Waals surface area contributed by atoms with Crippen molar-refractivity contribution in [2.75, 3.05) is 51.3 Å². The van der Waals surface area contributed by atoms with Gasteiger partial charge >= 0.3 is 5.97 Å². The molecule has 1 saturated heterocycles. The third-order valence-electron chi connectivity index (χ3n) is 4.91. The van der Waals surface area contributed by atoms with Crippen molar-refractivity contribution in [3.8, 4) is 0 Å². The molecule has 2 N–H and O–H groups in total. The van der Waals surface area contributed by atoms with Crippen LogP contribution in [0.1, 0.15) is 24.0 Å². The lowest BCUT2D eigenvalue weighted by atomic mass is 10.1. The van der Waals surface area contributed by atoms with E-state index in [1.54, 1.807) is 0 Å². The number of esters is 1. The minimum Gasteiger partial charge on any atom is -0.469 e. The van der Waals surface area contributed by atoms with Gasteiger partial charge in [-0.1, -0.05) is 12.1 Å². The number of ether oxygens (including phenoxy) is 1. The van der Waals surface area contributed by atoms with Crippen LogP contribution in [0, 0.1) is 13.8 Å². The van der Waals surface area contributed by atoms with Gasteiger partial charge in [0, 0.05) is 18.7 Å². The fraction of sp³-hybridized carbons (Fsp3) is 0.579. The molecular formula is C19H30N3O3+. The average molecular weight is 348 g/mol. The first kappa shape index (κ1) is 19.2. The summed E-state index contributed by atoms with van der Waals surface area (Å²) in [7, 11) is 1.38. The van der Waals surface area contributed by atoms with Crippen LogP contribution >= 0.6 is 0 Å². The standard InChI is InChI=1S/C19H29N3O3/c1-15-6-4-7-17(16(15)2)22-12-10-21(11-13-22)14-18(23)20-9-5-8-19(24)25-3/h4,6-7H,5,8-14H2,1-3H3,(H,20,23)/p+1. The summed E-state index contributed by atoms with van der Waals surface area (Å²) in [6.45, 7) is 9.20. The highest BCUT2D eigenvalue weighted by Gasteiger charge is 2.23. The van der Waals surface area contributed by atoms with Crippen LogP contribution in [0.4, 0.5) is 5.69 Å². The number of methoxy groups -OCH3 is 1. The zero-order chi connectivity index (χ0) is 18.2. The number of hydrogen-bond acceptors (Lipinski definition) is 4. The Bertz CT molecular complexity index is 596. The Morgan fingerprint density at radius 3 is 2.64 bits per heavy atom. The number of nitrogens with one attached hydrogen (secondary N) is 2. The first-order valence-corrected chi connectivity index (χ1v) is 8.99. The summed E-state index contributed by atoms with van der Waals surface area (Å²) < 4.78 is 4.58. The van der Waals surface area contributed by atoms with Gasteiger partial charge in [0.25, 0.3) is 5.91 Å². The molecule has 1 aromatic rings. The van der Waals surface area contributed by atoms with Crippen molar-refractivity contribution < 1.29 is 19.2 Å². The molecule has 1 fully saturated rings. The molecule has 1 heterocycles.